The summed E-state index contributed by atoms with van der Waals surface area (Å²) in [6.45, 7) is 0.126. The monoisotopic (exact) mass is 368 g/mol. The van der Waals surface area contributed by atoms with Crippen LogP contribution in [-0.4, -0.2) is 58.1 Å². The van der Waals surface area contributed by atoms with E-state index in [1.54, 1.807) is 36.8 Å². The topological polar surface area (TPSA) is 75.1 Å². The molecule has 1 fully saturated rings. The normalized spacial score (nSPS) is 18.0. The number of likely N-dealkylation sites (tertiary alicyclic amines) is 1. The number of hydrogen-bond acceptors (Lipinski definition) is 4. The van der Waals surface area contributed by atoms with Gasteiger partial charge in [0, 0.05) is 31.7 Å². The molecule has 1 atom stereocenters. The van der Waals surface area contributed by atoms with Gasteiger partial charge in [-0.25, -0.2) is 14.5 Å². The van der Waals surface area contributed by atoms with Gasteiger partial charge in [0.05, 0.1) is 12.2 Å². The number of carbonyl (C=O) groups is 1. The molecule has 0 unspecified atom stereocenters. The second-order valence-corrected chi connectivity index (χ2v) is 6.17. The predicted molar refractivity (Wildman–Crippen MR) is 89.0 cm³/mol. The number of urea groups is 1. The molecule has 0 saturated carbocycles. The summed E-state index contributed by atoms with van der Waals surface area (Å²) in [7, 11) is 0. The van der Waals surface area contributed by atoms with Gasteiger partial charge in [-0.3, -0.25) is 4.90 Å². The van der Waals surface area contributed by atoms with Crippen LogP contribution in [0.25, 0.3) is 5.82 Å². The molecule has 26 heavy (non-hydrogen) atoms. The average Bonchev–Trinajstić information content (AvgIpc) is 3.24. The first-order valence-corrected chi connectivity index (χ1v) is 8.20. The van der Waals surface area contributed by atoms with Crippen LogP contribution in [0.15, 0.2) is 36.8 Å². The zero-order valence-electron chi connectivity index (χ0n) is 13.9. The number of hydrogen-bond donors (Lipinski definition) is 2. The summed E-state index contributed by atoms with van der Waals surface area (Å²) in [5, 5.41) is 9.50. The lowest BCUT2D eigenvalue weighted by Crippen LogP contribution is -2.36. The fraction of sp³-hybridized carbons (Fsp3) is 0.438. The second-order valence-electron chi connectivity index (χ2n) is 6.17. The lowest BCUT2D eigenvalue weighted by atomic mass is 10.1. The molecule has 2 N–H and O–H groups in total. The van der Waals surface area contributed by atoms with Gasteiger partial charge >= 0.3 is 12.2 Å². The SMILES string of the molecule is O=C(NC[C@H]1CCN(CC(F)(F)F)C1)Nc1cccnc1-n1cccn1. The molecule has 0 aliphatic carbocycles. The maximum atomic E-state index is 12.4. The number of aromatic nitrogens is 3. The van der Waals surface area contributed by atoms with E-state index in [-0.39, 0.29) is 5.92 Å². The van der Waals surface area contributed by atoms with Gasteiger partial charge < -0.3 is 10.6 Å². The van der Waals surface area contributed by atoms with Crippen LogP contribution in [-0.2, 0) is 0 Å². The Balaban J connectivity index is 1.50. The zero-order chi connectivity index (χ0) is 18.6. The Morgan fingerprint density at radius 3 is 2.88 bits per heavy atom. The Kier molecular flexibility index (Phi) is 5.40. The minimum absolute atomic E-state index is 0.00239. The molecule has 2 amide bonds. The number of alkyl halides is 3. The molecular weight excluding hydrogens is 349 g/mol. The fourth-order valence-corrected chi connectivity index (χ4v) is 2.95. The summed E-state index contributed by atoms with van der Waals surface area (Å²) >= 11 is 0. The summed E-state index contributed by atoms with van der Waals surface area (Å²) in [5.74, 6) is 0.479. The minimum atomic E-state index is -4.19. The van der Waals surface area contributed by atoms with Crippen LogP contribution >= 0.6 is 0 Å². The fourth-order valence-electron chi connectivity index (χ4n) is 2.95. The number of pyridine rings is 1. The minimum Gasteiger partial charge on any atom is -0.338 e. The molecule has 2 aromatic heterocycles. The number of amides is 2. The van der Waals surface area contributed by atoms with Gasteiger partial charge in [0.25, 0.3) is 0 Å². The lowest BCUT2D eigenvalue weighted by molar-refractivity contribution is -0.143. The van der Waals surface area contributed by atoms with Crippen molar-refractivity contribution in [3.05, 3.63) is 36.8 Å². The molecule has 3 rings (SSSR count). The highest BCUT2D eigenvalue weighted by Gasteiger charge is 2.34. The van der Waals surface area contributed by atoms with Gasteiger partial charge in [0.2, 0.25) is 0 Å². The highest BCUT2D eigenvalue weighted by molar-refractivity contribution is 5.90. The van der Waals surface area contributed by atoms with E-state index in [1.165, 1.54) is 9.58 Å². The third-order valence-corrected chi connectivity index (χ3v) is 4.08. The first-order valence-electron chi connectivity index (χ1n) is 8.20. The molecule has 3 heterocycles. The van der Waals surface area contributed by atoms with Crippen LogP contribution < -0.4 is 10.6 Å². The van der Waals surface area contributed by atoms with Gasteiger partial charge in [-0.2, -0.15) is 18.3 Å². The third kappa shape index (κ3) is 4.94. The van der Waals surface area contributed by atoms with Crippen molar-refractivity contribution in [2.24, 2.45) is 5.92 Å². The van der Waals surface area contributed by atoms with Crippen LogP contribution in [0.4, 0.5) is 23.7 Å². The average molecular weight is 368 g/mol. The molecule has 1 saturated heterocycles. The lowest BCUT2D eigenvalue weighted by Gasteiger charge is -2.18. The molecule has 1 aliphatic heterocycles. The Bertz CT molecular complexity index is 734. The van der Waals surface area contributed by atoms with Gasteiger partial charge in [0.15, 0.2) is 5.82 Å². The van der Waals surface area contributed by atoms with E-state index in [9.17, 15) is 18.0 Å². The van der Waals surface area contributed by atoms with Crippen LogP contribution in [0.1, 0.15) is 6.42 Å². The van der Waals surface area contributed by atoms with E-state index in [0.717, 1.165) is 0 Å². The first-order chi connectivity index (χ1) is 12.4. The summed E-state index contributed by atoms with van der Waals surface area (Å²) in [5.41, 5.74) is 0.485. The number of nitrogens with one attached hydrogen (secondary N) is 2. The Morgan fingerprint density at radius 2 is 2.15 bits per heavy atom. The maximum Gasteiger partial charge on any atom is 0.401 e. The van der Waals surface area contributed by atoms with Crippen molar-refractivity contribution in [3.8, 4) is 5.82 Å². The number of halogens is 3. The van der Waals surface area contributed by atoms with Crippen molar-refractivity contribution >= 4 is 11.7 Å². The summed E-state index contributed by atoms with van der Waals surface area (Å²) < 4.78 is 38.8. The number of carbonyl (C=O) groups excluding carboxylic acids is 1. The van der Waals surface area contributed by atoms with Crippen LogP contribution in [0.5, 0.6) is 0 Å². The molecule has 10 heteroatoms. The third-order valence-electron chi connectivity index (χ3n) is 4.08. The van der Waals surface area contributed by atoms with Crippen LogP contribution in [0.3, 0.4) is 0 Å². The number of rotatable bonds is 5. The predicted octanol–water partition coefficient (Wildman–Crippen LogP) is 2.27. The Hall–Kier alpha value is -2.62. The van der Waals surface area contributed by atoms with Crippen molar-refractivity contribution in [2.75, 3.05) is 31.5 Å². The first kappa shape index (κ1) is 18.2. The Labute approximate surface area is 148 Å². The molecule has 2 aromatic rings. The standard InChI is InChI=1S/C16H19F3N6O/c17-16(18,19)11-24-8-4-12(10-24)9-21-15(26)23-13-3-1-5-20-14(13)25-7-2-6-22-25/h1-3,5-7,12H,4,8-11H2,(H2,21,23,26)/t12-/m1/s1. The molecule has 0 bridgehead atoms. The smallest absolute Gasteiger partial charge is 0.338 e. The molecule has 0 radical (unpaired) electrons. The number of anilines is 1. The van der Waals surface area contributed by atoms with E-state index < -0.39 is 18.8 Å². The highest BCUT2D eigenvalue weighted by atomic mass is 19.4. The highest BCUT2D eigenvalue weighted by Crippen LogP contribution is 2.22. The summed E-state index contributed by atoms with van der Waals surface area (Å²) in [6.07, 6.45) is 1.34. The van der Waals surface area contributed by atoms with Crippen LogP contribution in [0.2, 0.25) is 0 Å². The van der Waals surface area contributed by atoms with Gasteiger partial charge in [0.1, 0.15) is 0 Å². The van der Waals surface area contributed by atoms with E-state index in [2.05, 4.69) is 20.7 Å². The van der Waals surface area contributed by atoms with Crippen molar-refractivity contribution in [3.63, 3.8) is 0 Å². The van der Waals surface area contributed by atoms with E-state index in [0.29, 0.717) is 37.6 Å². The maximum absolute atomic E-state index is 12.4. The largest absolute Gasteiger partial charge is 0.401 e. The van der Waals surface area contributed by atoms with Gasteiger partial charge in [-0.1, -0.05) is 0 Å². The number of nitrogens with zero attached hydrogens (tertiary/aromatic N) is 4. The second kappa shape index (κ2) is 7.73. The quantitative estimate of drug-likeness (QED) is 0.849. The van der Waals surface area contributed by atoms with Crippen LogP contribution in [0, 0.1) is 5.92 Å². The molecule has 0 aromatic carbocycles. The zero-order valence-corrected chi connectivity index (χ0v) is 13.9. The van der Waals surface area contributed by atoms with E-state index >= 15 is 0 Å². The summed E-state index contributed by atoms with van der Waals surface area (Å²) in [4.78, 5) is 17.7. The molecule has 1 aliphatic rings. The van der Waals surface area contributed by atoms with E-state index in [4.69, 9.17) is 0 Å². The van der Waals surface area contributed by atoms with Gasteiger partial charge in [-0.05, 0) is 37.1 Å². The van der Waals surface area contributed by atoms with Gasteiger partial charge in [-0.15, -0.1) is 0 Å². The molecule has 140 valence electrons. The molecule has 7 nitrogen and oxygen atoms in total. The van der Waals surface area contributed by atoms with Crippen molar-refractivity contribution in [1.29, 1.82) is 0 Å². The molecular formula is C16H19F3N6O. The van der Waals surface area contributed by atoms with Crippen molar-refractivity contribution in [1.82, 2.24) is 25.0 Å². The Morgan fingerprint density at radius 1 is 1.31 bits per heavy atom. The van der Waals surface area contributed by atoms with E-state index in [1.807, 2.05) is 0 Å². The molecule has 0 spiro atoms. The van der Waals surface area contributed by atoms with Crippen molar-refractivity contribution in [2.45, 2.75) is 12.6 Å². The van der Waals surface area contributed by atoms with Crippen molar-refractivity contribution < 1.29 is 18.0 Å². The summed E-state index contributed by atoms with van der Waals surface area (Å²) in [6, 6.07) is 4.70.